The Hall–Kier alpha value is -2.53. The van der Waals surface area contributed by atoms with E-state index in [4.69, 9.17) is 14.5 Å². The van der Waals surface area contributed by atoms with Crippen LogP contribution >= 0.6 is 11.8 Å². The monoisotopic (exact) mass is 367 g/mol. The second-order valence-electron chi connectivity index (χ2n) is 5.74. The average molecular weight is 367 g/mol. The van der Waals surface area contributed by atoms with Crippen LogP contribution in [-0.4, -0.2) is 24.7 Å². The van der Waals surface area contributed by atoms with Crippen LogP contribution in [0.3, 0.4) is 0 Å². The number of thioether (sulfide) groups is 1. The van der Waals surface area contributed by atoms with E-state index in [1.807, 2.05) is 62.4 Å². The molecule has 0 saturated heterocycles. The maximum absolute atomic E-state index is 12.6. The molecule has 3 aromatic rings. The molecule has 0 fully saturated rings. The first-order valence-corrected chi connectivity index (χ1v) is 9.45. The number of hydrogen-bond acceptors (Lipinski definition) is 5. The number of pyridine rings is 1. The predicted octanol–water partition coefficient (Wildman–Crippen LogP) is 5.02. The van der Waals surface area contributed by atoms with Crippen molar-refractivity contribution in [3.63, 3.8) is 0 Å². The highest BCUT2D eigenvalue weighted by atomic mass is 32.2. The molecular formula is C21H21NO3S. The van der Waals surface area contributed by atoms with Crippen LogP contribution in [0.15, 0.2) is 53.4 Å². The molecular weight excluding hydrogens is 346 g/mol. The first kappa shape index (κ1) is 18.3. The van der Waals surface area contributed by atoms with Gasteiger partial charge in [-0.25, -0.2) is 4.79 Å². The number of nitrogens with zero attached hydrogens (tertiary/aromatic N) is 1. The summed E-state index contributed by atoms with van der Waals surface area (Å²) >= 11 is 1.60. The van der Waals surface area contributed by atoms with Gasteiger partial charge in [0.15, 0.2) is 0 Å². The molecule has 0 aliphatic heterocycles. The van der Waals surface area contributed by atoms with Crippen LogP contribution in [-0.2, 0) is 10.5 Å². The fraction of sp³-hybridized carbons (Fsp3) is 0.238. The van der Waals surface area contributed by atoms with E-state index in [1.54, 1.807) is 18.9 Å². The highest BCUT2D eigenvalue weighted by molar-refractivity contribution is 7.98. The summed E-state index contributed by atoms with van der Waals surface area (Å²) < 4.78 is 10.7. The molecule has 0 aliphatic rings. The van der Waals surface area contributed by atoms with Crippen molar-refractivity contribution < 1.29 is 14.3 Å². The number of esters is 1. The highest BCUT2D eigenvalue weighted by Crippen LogP contribution is 2.33. The minimum atomic E-state index is -0.320. The van der Waals surface area contributed by atoms with E-state index in [2.05, 4.69) is 0 Å². The normalized spacial score (nSPS) is 10.7. The Bertz CT molecular complexity index is 940. The molecule has 0 radical (unpaired) electrons. The van der Waals surface area contributed by atoms with Crippen LogP contribution in [0.4, 0.5) is 0 Å². The number of ether oxygens (including phenoxy) is 2. The lowest BCUT2D eigenvalue weighted by atomic mass is 10.0. The zero-order valence-corrected chi connectivity index (χ0v) is 15.9. The van der Waals surface area contributed by atoms with Gasteiger partial charge in [-0.1, -0.05) is 30.3 Å². The molecule has 0 atom stereocenters. The van der Waals surface area contributed by atoms with E-state index in [0.29, 0.717) is 17.9 Å². The Morgan fingerprint density at radius 2 is 1.85 bits per heavy atom. The van der Waals surface area contributed by atoms with Crippen molar-refractivity contribution in [2.75, 3.05) is 13.7 Å². The van der Waals surface area contributed by atoms with E-state index in [9.17, 15) is 4.79 Å². The van der Waals surface area contributed by atoms with Crippen molar-refractivity contribution >= 4 is 28.6 Å². The van der Waals surface area contributed by atoms with Gasteiger partial charge < -0.3 is 9.47 Å². The number of aryl methyl sites for hydroxylation is 1. The molecule has 3 rings (SSSR count). The molecule has 0 amide bonds. The van der Waals surface area contributed by atoms with E-state index < -0.39 is 0 Å². The largest absolute Gasteiger partial charge is 0.496 e. The van der Waals surface area contributed by atoms with E-state index >= 15 is 0 Å². The SMILES string of the molecule is CCOC(=O)c1c(CSc2ccccc2OC)nc2ccccc2c1C. The number of rotatable bonds is 6. The molecule has 4 nitrogen and oxygen atoms in total. The van der Waals surface area contributed by atoms with Crippen LogP contribution in [0.5, 0.6) is 5.75 Å². The number of methoxy groups -OCH3 is 1. The Morgan fingerprint density at radius 1 is 1.12 bits per heavy atom. The molecule has 0 N–H and O–H groups in total. The van der Waals surface area contributed by atoms with Crippen molar-refractivity contribution in [2.45, 2.75) is 24.5 Å². The number of hydrogen-bond donors (Lipinski definition) is 0. The van der Waals surface area contributed by atoms with Crippen LogP contribution in [0.1, 0.15) is 28.5 Å². The zero-order valence-electron chi connectivity index (χ0n) is 15.1. The minimum absolute atomic E-state index is 0.320. The predicted molar refractivity (Wildman–Crippen MR) is 105 cm³/mol. The lowest BCUT2D eigenvalue weighted by molar-refractivity contribution is 0.0524. The van der Waals surface area contributed by atoms with Crippen molar-refractivity contribution in [1.82, 2.24) is 4.98 Å². The van der Waals surface area contributed by atoms with Crippen molar-refractivity contribution in [2.24, 2.45) is 0 Å². The molecule has 5 heteroatoms. The fourth-order valence-corrected chi connectivity index (χ4v) is 3.87. The first-order valence-electron chi connectivity index (χ1n) is 8.46. The number of benzene rings is 2. The summed E-state index contributed by atoms with van der Waals surface area (Å²) in [5.74, 6) is 1.05. The molecule has 0 unspecified atom stereocenters. The molecule has 0 spiro atoms. The van der Waals surface area contributed by atoms with E-state index in [0.717, 1.165) is 32.8 Å². The number of aromatic nitrogens is 1. The van der Waals surface area contributed by atoms with Gasteiger partial charge in [-0.05, 0) is 37.6 Å². The molecule has 0 saturated carbocycles. The summed E-state index contributed by atoms with van der Waals surface area (Å²) in [6.07, 6.45) is 0. The Kier molecular flexibility index (Phi) is 5.78. The Labute approximate surface area is 157 Å². The standard InChI is InChI=1S/C21H21NO3S/c1-4-25-21(23)20-14(2)15-9-5-6-10-16(15)22-17(20)13-26-19-12-8-7-11-18(19)24-3/h5-12H,4,13H2,1-3H3. The van der Waals surface area contributed by atoms with Gasteiger partial charge in [-0.15, -0.1) is 11.8 Å². The average Bonchev–Trinajstić information content (AvgIpc) is 2.66. The van der Waals surface area contributed by atoms with Gasteiger partial charge in [0.25, 0.3) is 0 Å². The van der Waals surface area contributed by atoms with Crippen LogP contribution in [0, 0.1) is 6.92 Å². The highest BCUT2D eigenvalue weighted by Gasteiger charge is 2.20. The third-order valence-corrected chi connectivity index (χ3v) is 5.21. The summed E-state index contributed by atoms with van der Waals surface area (Å²) in [4.78, 5) is 18.3. The topological polar surface area (TPSA) is 48.4 Å². The summed E-state index contributed by atoms with van der Waals surface area (Å²) in [6.45, 7) is 4.10. The second-order valence-corrected chi connectivity index (χ2v) is 6.75. The number of fused-ring (bicyclic) bond motifs is 1. The van der Waals surface area contributed by atoms with Crippen molar-refractivity contribution in [3.05, 3.63) is 65.4 Å². The van der Waals surface area contributed by atoms with Crippen LogP contribution < -0.4 is 4.74 Å². The number of carbonyl (C=O) groups excluding carboxylic acids is 1. The molecule has 1 heterocycles. The number of para-hydroxylation sites is 2. The van der Waals surface area contributed by atoms with Gasteiger partial charge in [0.1, 0.15) is 5.75 Å². The zero-order chi connectivity index (χ0) is 18.5. The van der Waals surface area contributed by atoms with Gasteiger partial charge >= 0.3 is 5.97 Å². The smallest absolute Gasteiger partial charge is 0.340 e. The molecule has 2 aromatic carbocycles. The Balaban J connectivity index is 2.03. The van der Waals surface area contributed by atoms with Crippen LogP contribution in [0.25, 0.3) is 10.9 Å². The van der Waals surface area contributed by atoms with Crippen molar-refractivity contribution in [3.8, 4) is 5.75 Å². The Morgan fingerprint density at radius 3 is 2.62 bits per heavy atom. The summed E-state index contributed by atoms with van der Waals surface area (Å²) in [5.41, 5.74) is 3.09. The quantitative estimate of drug-likeness (QED) is 0.452. The fourth-order valence-electron chi connectivity index (χ4n) is 2.90. The van der Waals surface area contributed by atoms with Gasteiger partial charge in [0, 0.05) is 16.0 Å². The van der Waals surface area contributed by atoms with Gasteiger partial charge in [-0.3, -0.25) is 4.98 Å². The second kappa shape index (κ2) is 8.23. The molecule has 1 aromatic heterocycles. The molecule has 26 heavy (non-hydrogen) atoms. The number of carbonyl (C=O) groups is 1. The third kappa shape index (κ3) is 3.68. The van der Waals surface area contributed by atoms with E-state index in [-0.39, 0.29) is 5.97 Å². The van der Waals surface area contributed by atoms with E-state index in [1.165, 1.54) is 0 Å². The lowest BCUT2D eigenvalue weighted by Crippen LogP contribution is -2.12. The summed E-state index contributed by atoms with van der Waals surface area (Å²) in [5, 5.41) is 0.974. The maximum atomic E-state index is 12.6. The van der Waals surface area contributed by atoms with Gasteiger partial charge in [0.05, 0.1) is 30.5 Å². The van der Waals surface area contributed by atoms with Crippen molar-refractivity contribution in [1.29, 1.82) is 0 Å². The summed E-state index contributed by atoms with van der Waals surface area (Å²) in [7, 11) is 1.65. The minimum Gasteiger partial charge on any atom is -0.496 e. The molecule has 134 valence electrons. The van der Waals surface area contributed by atoms with Gasteiger partial charge in [-0.2, -0.15) is 0 Å². The molecule has 0 bridgehead atoms. The lowest BCUT2D eigenvalue weighted by Gasteiger charge is -2.14. The third-order valence-electron chi connectivity index (χ3n) is 4.14. The molecule has 0 aliphatic carbocycles. The van der Waals surface area contributed by atoms with Gasteiger partial charge in [0.2, 0.25) is 0 Å². The van der Waals surface area contributed by atoms with Crippen LogP contribution in [0.2, 0.25) is 0 Å². The first-order chi connectivity index (χ1) is 12.7. The summed E-state index contributed by atoms with van der Waals surface area (Å²) in [6, 6.07) is 15.7. The maximum Gasteiger partial charge on any atom is 0.340 e.